The Bertz CT molecular complexity index is 818. The predicted molar refractivity (Wildman–Crippen MR) is 104 cm³/mol. The highest BCUT2D eigenvalue weighted by atomic mass is 16.5. The van der Waals surface area contributed by atoms with Crippen LogP contribution in [0.15, 0.2) is 42.7 Å². The van der Waals surface area contributed by atoms with Crippen LogP contribution in [0.25, 0.3) is 0 Å². The van der Waals surface area contributed by atoms with Crippen molar-refractivity contribution < 1.29 is 19.4 Å². The molecule has 0 saturated heterocycles. The number of aliphatic hydroxyl groups excluding tert-OH is 1. The number of aromatic nitrogens is 1. The van der Waals surface area contributed by atoms with Crippen LogP contribution in [0.4, 0.5) is 0 Å². The Morgan fingerprint density at radius 1 is 1.18 bits per heavy atom. The van der Waals surface area contributed by atoms with Crippen LogP contribution in [0.5, 0.6) is 5.75 Å². The molecule has 1 heterocycles. The average Bonchev–Trinajstić information content (AvgIpc) is 2.74. The molecule has 0 spiro atoms. The van der Waals surface area contributed by atoms with Gasteiger partial charge < -0.3 is 20.5 Å². The van der Waals surface area contributed by atoms with Gasteiger partial charge in [-0.3, -0.25) is 14.6 Å². The Kier molecular flexibility index (Phi) is 6.60. The lowest BCUT2D eigenvalue weighted by Crippen LogP contribution is -2.38. The lowest BCUT2D eigenvalue weighted by molar-refractivity contribution is 0.0867. The van der Waals surface area contributed by atoms with Crippen molar-refractivity contribution >= 4 is 11.8 Å². The number of pyridine rings is 1. The molecule has 1 aliphatic rings. The van der Waals surface area contributed by atoms with Gasteiger partial charge in [-0.05, 0) is 55.5 Å². The minimum atomic E-state index is -0.323. The molecule has 0 atom stereocenters. The molecule has 7 nitrogen and oxygen atoms in total. The molecule has 0 bridgehead atoms. The van der Waals surface area contributed by atoms with Gasteiger partial charge in [-0.25, -0.2) is 0 Å². The standard InChI is InChI=1S/C21H25N3O4/c1-28-19-9-4-15(20(26)24-16-5-7-17(25)8-6-16)11-18(19)21(27)23-13-14-3-2-10-22-12-14/h2-4,9-12,16-17,25H,5-8,13H2,1H3,(H,23,27)(H,24,26). The van der Waals surface area contributed by atoms with Crippen LogP contribution >= 0.6 is 0 Å². The van der Waals surface area contributed by atoms with E-state index in [0.717, 1.165) is 18.4 Å². The quantitative estimate of drug-likeness (QED) is 0.709. The lowest BCUT2D eigenvalue weighted by atomic mass is 9.93. The molecule has 1 aromatic carbocycles. The van der Waals surface area contributed by atoms with E-state index in [1.165, 1.54) is 7.11 Å². The third kappa shape index (κ3) is 5.07. The van der Waals surface area contributed by atoms with Gasteiger partial charge >= 0.3 is 0 Å². The summed E-state index contributed by atoms with van der Waals surface area (Å²) in [6, 6.07) is 8.53. The van der Waals surface area contributed by atoms with Crippen LogP contribution in [0.3, 0.4) is 0 Å². The SMILES string of the molecule is COc1ccc(C(=O)NC2CCC(O)CC2)cc1C(=O)NCc1cccnc1. The minimum Gasteiger partial charge on any atom is -0.496 e. The maximum absolute atomic E-state index is 12.6. The largest absolute Gasteiger partial charge is 0.496 e. The first-order valence-electron chi connectivity index (χ1n) is 9.41. The van der Waals surface area contributed by atoms with E-state index in [0.29, 0.717) is 36.3 Å². The maximum atomic E-state index is 12.6. The molecule has 1 fully saturated rings. The van der Waals surface area contributed by atoms with Crippen LogP contribution in [0.1, 0.15) is 52.0 Å². The van der Waals surface area contributed by atoms with Crippen molar-refractivity contribution in [2.75, 3.05) is 7.11 Å². The van der Waals surface area contributed by atoms with Crippen LogP contribution in [-0.2, 0) is 6.54 Å². The van der Waals surface area contributed by atoms with E-state index < -0.39 is 0 Å². The summed E-state index contributed by atoms with van der Waals surface area (Å²) in [5.74, 6) is -0.150. The first-order valence-corrected chi connectivity index (χ1v) is 9.41. The Hall–Kier alpha value is -2.93. The van der Waals surface area contributed by atoms with Crippen LogP contribution < -0.4 is 15.4 Å². The fourth-order valence-corrected chi connectivity index (χ4v) is 3.30. The average molecular weight is 383 g/mol. The van der Waals surface area contributed by atoms with Crippen LogP contribution in [0, 0.1) is 0 Å². The second-order valence-corrected chi connectivity index (χ2v) is 6.94. The van der Waals surface area contributed by atoms with Gasteiger partial charge in [0.25, 0.3) is 11.8 Å². The number of carbonyl (C=O) groups excluding carboxylic acids is 2. The molecule has 7 heteroatoms. The van der Waals surface area contributed by atoms with Crippen LogP contribution in [-0.4, -0.2) is 41.2 Å². The summed E-state index contributed by atoms with van der Waals surface area (Å²) in [5.41, 5.74) is 1.58. The molecule has 0 aliphatic heterocycles. The number of nitrogens with zero attached hydrogens (tertiary/aromatic N) is 1. The number of benzene rings is 1. The Morgan fingerprint density at radius 3 is 2.64 bits per heavy atom. The Labute approximate surface area is 164 Å². The Morgan fingerprint density at radius 2 is 1.96 bits per heavy atom. The van der Waals surface area contributed by atoms with Gasteiger partial charge in [0.2, 0.25) is 0 Å². The number of methoxy groups -OCH3 is 1. The molecule has 148 valence electrons. The normalized spacial score (nSPS) is 18.9. The number of carbonyl (C=O) groups is 2. The zero-order valence-electron chi connectivity index (χ0n) is 15.9. The summed E-state index contributed by atoms with van der Waals surface area (Å²) in [6.45, 7) is 0.330. The third-order valence-electron chi connectivity index (χ3n) is 4.91. The van der Waals surface area contributed by atoms with E-state index in [9.17, 15) is 14.7 Å². The number of ether oxygens (including phenoxy) is 1. The molecule has 3 N–H and O–H groups in total. The lowest BCUT2D eigenvalue weighted by Gasteiger charge is -2.26. The van der Waals surface area contributed by atoms with E-state index in [-0.39, 0.29) is 24.0 Å². The van der Waals surface area contributed by atoms with Crippen molar-refractivity contribution in [3.63, 3.8) is 0 Å². The summed E-state index contributed by atoms with van der Waals surface area (Å²) in [6.07, 6.45) is 5.96. The van der Waals surface area contributed by atoms with E-state index in [1.807, 2.05) is 6.07 Å². The molecule has 3 rings (SSSR count). The van der Waals surface area contributed by atoms with Crippen molar-refractivity contribution in [3.8, 4) is 5.75 Å². The highest BCUT2D eigenvalue weighted by Gasteiger charge is 2.22. The molecule has 1 saturated carbocycles. The fourth-order valence-electron chi connectivity index (χ4n) is 3.30. The third-order valence-corrected chi connectivity index (χ3v) is 4.91. The van der Waals surface area contributed by atoms with Gasteiger partial charge in [-0.2, -0.15) is 0 Å². The molecule has 1 aliphatic carbocycles. The molecule has 28 heavy (non-hydrogen) atoms. The Balaban J connectivity index is 1.68. The van der Waals surface area contributed by atoms with Gasteiger partial charge in [0.05, 0.1) is 18.8 Å². The summed E-state index contributed by atoms with van der Waals surface area (Å²) < 4.78 is 5.28. The smallest absolute Gasteiger partial charge is 0.255 e. The fraction of sp³-hybridized carbons (Fsp3) is 0.381. The highest BCUT2D eigenvalue weighted by Crippen LogP contribution is 2.22. The zero-order valence-corrected chi connectivity index (χ0v) is 15.9. The maximum Gasteiger partial charge on any atom is 0.255 e. The van der Waals surface area contributed by atoms with E-state index in [2.05, 4.69) is 15.6 Å². The van der Waals surface area contributed by atoms with Gasteiger partial charge in [0.1, 0.15) is 5.75 Å². The van der Waals surface area contributed by atoms with Gasteiger partial charge in [-0.15, -0.1) is 0 Å². The van der Waals surface area contributed by atoms with Crippen molar-refractivity contribution in [2.24, 2.45) is 0 Å². The second-order valence-electron chi connectivity index (χ2n) is 6.94. The topological polar surface area (TPSA) is 101 Å². The molecule has 2 amide bonds. The first kappa shape index (κ1) is 19.8. The van der Waals surface area contributed by atoms with Crippen molar-refractivity contribution in [2.45, 2.75) is 44.4 Å². The number of nitrogens with one attached hydrogen (secondary N) is 2. The van der Waals surface area contributed by atoms with Crippen molar-refractivity contribution in [1.82, 2.24) is 15.6 Å². The van der Waals surface area contributed by atoms with Gasteiger partial charge in [0.15, 0.2) is 0 Å². The van der Waals surface area contributed by atoms with Gasteiger partial charge in [-0.1, -0.05) is 6.07 Å². The number of hydrogen-bond donors (Lipinski definition) is 3. The summed E-state index contributed by atoms with van der Waals surface area (Å²) >= 11 is 0. The zero-order chi connectivity index (χ0) is 19.9. The monoisotopic (exact) mass is 383 g/mol. The molecule has 1 aromatic heterocycles. The van der Waals surface area contributed by atoms with E-state index in [4.69, 9.17) is 4.74 Å². The minimum absolute atomic E-state index is 0.0425. The van der Waals surface area contributed by atoms with Crippen molar-refractivity contribution in [3.05, 3.63) is 59.4 Å². The summed E-state index contributed by atoms with van der Waals surface area (Å²) in [4.78, 5) is 29.2. The highest BCUT2D eigenvalue weighted by molar-refractivity contribution is 6.01. The molecule has 0 radical (unpaired) electrons. The van der Waals surface area contributed by atoms with Crippen molar-refractivity contribution in [1.29, 1.82) is 0 Å². The van der Waals surface area contributed by atoms with Gasteiger partial charge in [0, 0.05) is 30.5 Å². The molecule has 0 unspecified atom stereocenters. The summed E-state index contributed by atoms with van der Waals surface area (Å²) in [5, 5.41) is 15.4. The molecule has 2 aromatic rings. The number of rotatable bonds is 6. The first-order chi connectivity index (χ1) is 13.6. The molecular formula is C21H25N3O4. The number of hydrogen-bond acceptors (Lipinski definition) is 5. The predicted octanol–water partition coefficient (Wildman–Crippen LogP) is 2.05. The van der Waals surface area contributed by atoms with E-state index >= 15 is 0 Å². The van der Waals surface area contributed by atoms with E-state index in [1.54, 1.807) is 36.7 Å². The number of amides is 2. The second kappa shape index (κ2) is 9.32. The van der Waals surface area contributed by atoms with Crippen LogP contribution in [0.2, 0.25) is 0 Å². The summed E-state index contributed by atoms with van der Waals surface area (Å²) in [7, 11) is 1.49. The molecular weight excluding hydrogens is 358 g/mol. The number of aliphatic hydroxyl groups is 1.